The molecule has 0 fully saturated rings. The van der Waals surface area contributed by atoms with Gasteiger partial charge in [0.25, 0.3) is 5.91 Å². The van der Waals surface area contributed by atoms with Crippen LogP contribution in [0.1, 0.15) is 15.9 Å². The predicted octanol–water partition coefficient (Wildman–Crippen LogP) is 4.65. The summed E-state index contributed by atoms with van der Waals surface area (Å²) in [4.78, 5) is 13.1. The normalized spacial score (nSPS) is 10.3. The third kappa shape index (κ3) is 3.69. The first-order chi connectivity index (χ1) is 9.61. The molecule has 1 N–H and O–H groups in total. The summed E-state index contributed by atoms with van der Waals surface area (Å²) in [7, 11) is 0. The maximum Gasteiger partial charge on any atom is 0.252 e. The van der Waals surface area contributed by atoms with Gasteiger partial charge in [-0.15, -0.1) is 11.8 Å². The lowest BCUT2D eigenvalue weighted by Gasteiger charge is -2.09. The molecule has 0 aliphatic carbocycles. The fourth-order valence-corrected chi connectivity index (χ4v) is 2.84. The van der Waals surface area contributed by atoms with Gasteiger partial charge < -0.3 is 5.32 Å². The van der Waals surface area contributed by atoms with Gasteiger partial charge in [-0.1, -0.05) is 41.4 Å². The Bertz CT molecular complexity index is 631. The fourth-order valence-electron chi connectivity index (χ4n) is 1.77. The van der Waals surface area contributed by atoms with Gasteiger partial charge >= 0.3 is 0 Å². The third-order valence-corrected chi connectivity index (χ3v) is 4.19. The molecule has 0 unspecified atom stereocenters. The van der Waals surface area contributed by atoms with E-state index in [1.165, 1.54) is 0 Å². The SMILES string of the molecule is CSc1ccccc1C(=O)NCc1ccc(Cl)cc1Cl. The molecule has 2 aromatic carbocycles. The lowest BCUT2D eigenvalue weighted by molar-refractivity contribution is 0.0948. The second-order valence-electron chi connectivity index (χ2n) is 4.12. The van der Waals surface area contributed by atoms with Crippen molar-refractivity contribution in [2.24, 2.45) is 0 Å². The van der Waals surface area contributed by atoms with E-state index in [9.17, 15) is 4.79 Å². The molecule has 0 bridgehead atoms. The largest absolute Gasteiger partial charge is 0.348 e. The minimum absolute atomic E-state index is 0.110. The molecule has 0 aliphatic heterocycles. The number of nitrogens with one attached hydrogen (secondary N) is 1. The maximum atomic E-state index is 12.2. The standard InChI is InChI=1S/C15H13Cl2NOS/c1-20-14-5-3-2-4-12(14)15(19)18-9-10-6-7-11(16)8-13(10)17/h2-8H,9H2,1H3,(H,18,19). The molecule has 0 aliphatic rings. The summed E-state index contributed by atoms with van der Waals surface area (Å²) in [5, 5.41) is 4.00. The third-order valence-electron chi connectivity index (χ3n) is 2.81. The van der Waals surface area contributed by atoms with Crippen LogP contribution in [-0.2, 0) is 6.54 Å². The van der Waals surface area contributed by atoms with Gasteiger partial charge in [-0.25, -0.2) is 0 Å². The second-order valence-corrected chi connectivity index (χ2v) is 5.81. The number of hydrogen-bond acceptors (Lipinski definition) is 2. The van der Waals surface area contributed by atoms with E-state index >= 15 is 0 Å². The Morgan fingerprint density at radius 3 is 2.65 bits per heavy atom. The van der Waals surface area contributed by atoms with Crippen LogP contribution in [0.25, 0.3) is 0 Å². The zero-order valence-electron chi connectivity index (χ0n) is 10.8. The van der Waals surface area contributed by atoms with Crippen molar-refractivity contribution in [1.82, 2.24) is 5.32 Å². The van der Waals surface area contributed by atoms with Crippen molar-refractivity contribution in [2.45, 2.75) is 11.4 Å². The number of halogens is 2. The zero-order chi connectivity index (χ0) is 14.5. The summed E-state index contributed by atoms with van der Waals surface area (Å²) in [6.07, 6.45) is 1.95. The number of hydrogen-bond donors (Lipinski definition) is 1. The van der Waals surface area contributed by atoms with Gasteiger partial charge in [0.2, 0.25) is 0 Å². The van der Waals surface area contributed by atoms with E-state index in [0.717, 1.165) is 10.5 Å². The molecular weight excluding hydrogens is 313 g/mol. The van der Waals surface area contributed by atoms with Crippen LogP contribution in [0.5, 0.6) is 0 Å². The van der Waals surface area contributed by atoms with Crippen molar-refractivity contribution in [3.8, 4) is 0 Å². The molecule has 20 heavy (non-hydrogen) atoms. The van der Waals surface area contributed by atoms with Gasteiger partial charge in [-0.05, 0) is 36.1 Å². The van der Waals surface area contributed by atoms with Crippen LogP contribution in [0.3, 0.4) is 0 Å². The van der Waals surface area contributed by atoms with E-state index in [0.29, 0.717) is 22.2 Å². The molecule has 0 radical (unpaired) electrons. The Morgan fingerprint density at radius 2 is 1.95 bits per heavy atom. The van der Waals surface area contributed by atoms with Gasteiger partial charge in [-0.2, -0.15) is 0 Å². The van der Waals surface area contributed by atoms with Crippen molar-refractivity contribution in [2.75, 3.05) is 6.26 Å². The summed E-state index contributed by atoms with van der Waals surface area (Å²) in [6, 6.07) is 12.7. The predicted molar refractivity (Wildman–Crippen MR) is 85.9 cm³/mol. The van der Waals surface area contributed by atoms with E-state index in [2.05, 4.69) is 5.32 Å². The van der Waals surface area contributed by atoms with Crippen LogP contribution in [0.15, 0.2) is 47.4 Å². The Balaban J connectivity index is 2.09. The van der Waals surface area contributed by atoms with Crippen LogP contribution in [0.2, 0.25) is 10.0 Å². The Hall–Kier alpha value is -1.16. The smallest absolute Gasteiger partial charge is 0.252 e. The quantitative estimate of drug-likeness (QED) is 0.829. The van der Waals surface area contributed by atoms with Gasteiger partial charge in [-0.3, -0.25) is 4.79 Å². The van der Waals surface area contributed by atoms with Gasteiger partial charge in [0, 0.05) is 21.5 Å². The van der Waals surface area contributed by atoms with Gasteiger partial charge in [0.05, 0.1) is 5.56 Å². The van der Waals surface area contributed by atoms with Crippen LogP contribution in [-0.4, -0.2) is 12.2 Å². The Kier molecular flexibility index (Phi) is 5.35. The molecule has 2 nitrogen and oxygen atoms in total. The number of benzene rings is 2. The molecule has 5 heteroatoms. The van der Waals surface area contributed by atoms with Crippen molar-refractivity contribution >= 4 is 40.9 Å². The average molecular weight is 326 g/mol. The molecule has 0 spiro atoms. The minimum atomic E-state index is -0.110. The van der Waals surface area contributed by atoms with E-state index in [1.807, 2.05) is 36.6 Å². The van der Waals surface area contributed by atoms with Crippen molar-refractivity contribution in [3.05, 3.63) is 63.6 Å². The summed E-state index contributed by atoms with van der Waals surface area (Å²) < 4.78 is 0. The molecule has 1 amide bonds. The lowest BCUT2D eigenvalue weighted by Crippen LogP contribution is -2.23. The summed E-state index contributed by atoms with van der Waals surface area (Å²) >= 11 is 13.5. The van der Waals surface area contributed by atoms with Crippen molar-refractivity contribution in [1.29, 1.82) is 0 Å². The minimum Gasteiger partial charge on any atom is -0.348 e. The molecule has 104 valence electrons. The summed E-state index contributed by atoms with van der Waals surface area (Å²) in [6.45, 7) is 0.373. The maximum absolute atomic E-state index is 12.2. The molecule has 2 aromatic rings. The summed E-state index contributed by atoms with van der Waals surface area (Å²) in [5.74, 6) is -0.110. The highest BCUT2D eigenvalue weighted by molar-refractivity contribution is 7.98. The Labute approximate surface area is 132 Å². The van der Waals surface area contributed by atoms with Crippen LogP contribution in [0.4, 0.5) is 0 Å². The number of rotatable bonds is 4. The van der Waals surface area contributed by atoms with Gasteiger partial charge in [0.15, 0.2) is 0 Å². The van der Waals surface area contributed by atoms with E-state index < -0.39 is 0 Å². The van der Waals surface area contributed by atoms with E-state index in [-0.39, 0.29) is 5.91 Å². The Morgan fingerprint density at radius 1 is 1.20 bits per heavy atom. The molecule has 0 heterocycles. The highest BCUT2D eigenvalue weighted by Gasteiger charge is 2.10. The molecule has 0 saturated heterocycles. The molecular formula is C15H13Cl2NOS. The van der Waals surface area contributed by atoms with E-state index in [4.69, 9.17) is 23.2 Å². The summed E-state index contributed by atoms with van der Waals surface area (Å²) in [5.41, 5.74) is 1.51. The average Bonchev–Trinajstić information content (AvgIpc) is 2.46. The van der Waals surface area contributed by atoms with Crippen molar-refractivity contribution in [3.63, 3.8) is 0 Å². The number of carbonyl (C=O) groups is 1. The zero-order valence-corrected chi connectivity index (χ0v) is 13.1. The monoisotopic (exact) mass is 325 g/mol. The second kappa shape index (κ2) is 7.02. The highest BCUT2D eigenvalue weighted by atomic mass is 35.5. The molecule has 0 atom stereocenters. The molecule has 0 saturated carbocycles. The first-order valence-corrected chi connectivity index (χ1v) is 7.95. The number of thioether (sulfide) groups is 1. The van der Waals surface area contributed by atoms with Crippen LogP contribution in [0, 0.1) is 0 Å². The first kappa shape index (κ1) is 15.2. The van der Waals surface area contributed by atoms with Crippen molar-refractivity contribution < 1.29 is 4.79 Å². The first-order valence-electron chi connectivity index (χ1n) is 5.97. The fraction of sp³-hybridized carbons (Fsp3) is 0.133. The lowest BCUT2D eigenvalue weighted by atomic mass is 10.2. The number of carbonyl (C=O) groups excluding carboxylic acids is 1. The molecule has 2 rings (SSSR count). The molecule has 0 aromatic heterocycles. The van der Waals surface area contributed by atoms with E-state index in [1.54, 1.807) is 23.9 Å². The van der Waals surface area contributed by atoms with Crippen LogP contribution < -0.4 is 5.32 Å². The topological polar surface area (TPSA) is 29.1 Å². The van der Waals surface area contributed by atoms with Gasteiger partial charge in [0.1, 0.15) is 0 Å². The van der Waals surface area contributed by atoms with Crippen LogP contribution >= 0.6 is 35.0 Å². The number of amides is 1. The highest BCUT2D eigenvalue weighted by Crippen LogP contribution is 2.22.